The molecule has 0 N–H and O–H groups in total. The molecule has 0 bridgehead atoms. The minimum absolute atomic E-state index is 0.0567. The summed E-state index contributed by atoms with van der Waals surface area (Å²) in [7, 11) is 1.32. The lowest BCUT2D eigenvalue weighted by molar-refractivity contribution is -0.149. The van der Waals surface area contributed by atoms with Crippen molar-refractivity contribution < 1.29 is 14.3 Å². The normalized spacial score (nSPS) is 28.5. The number of carbonyl (C=O) groups is 2. The predicted octanol–water partition coefficient (Wildman–Crippen LogP) is 1.80. The Bertz CT molecular complexity index is 235. The summed E-state index contributed by atoms with van der Waals surface area (Å²) < 4.78 is 4.56. The van der Waals surface area contributed by atoms with E-state index in [9.17, 15) is 9.59 Å². The van der Waals surface area contributed by atoms with Crippen LogP contribution in [0.15, 0.2) is 0 Å². The second-order valence-corrected chi connectivity index (χ2v) is 4.26. The van der Waals surface area contributed by atoms with Crippen molar-refractivity contribution in [2.45, 2.75) is 33.1 Å². The first-order valence-corrected chi connectivity index (χ1v) is 5.17. The molecule has 0 saturated heterocycles. The van der Waals surface area contributed by atoms with E-state index in [1.807, 2.05) is 0 Å². The van der Waals surface area contributed by atoms with Crippen molar-refractivity contribution in [1.29, 1.82) is 0 Å². The van der Waals surface area contributed by atoms with Crippen LogP contribution < -0.4 is 0 Å². The first-order valence-electron chi connectivity index (χ1n) is 5.17. The van der Waals surface area contributed by atoms with Gasteiger partial charge in [-0.05, 0) is 32.1 Å². The van der Waals surface area contributed by atoms with Crippen LogP contribution in [0.2, 0.25) is 0 Å². The van der Waals surface area contributed by atoms with Crippen LogP contribution in [0.3, 0.4) is 0 Å². The average molecular weight is 198 g/mol. The van der Waals surface area contributed by atoms with Crippen LogP contribution >= 0.6 is 0 Å². The Labute approximate surface area is 84.8 Å². The van der Waals surface area contributed by atoms with Gasteiger partial charge in [-0.2, -0.15) is 0 Å². The molecule has 1 rings (SSSR count). The predicted molar refractivity (Wildman–Crippen MR) is 52.7 cm³/mol. The lowest BCUT2D eigenvalue weighted by Crippen LogP contribution is -2.27. The summed E-state index contributed by atoms with van der Waals surface area (Å²) in [5, 5.41) is 0. The van der Waals surface area contributed by atoms with Crippen LogP contribution in [0.5, 0.6) is 0 Å². The van der Waals surface area contributed by atoms with E-state index in [1.54, 1.807) is 6.92 Å². The van der Waals surface area contributed by atoms with Crippen LogP contribution in [0.4, 0.5) is 0 Å². The van der Waals surface area contributed by atoms with Crippen molar-refractivity contribution in [2.24, 2.45) is 17.8 Å². The maximum atomic E-state index is 11.8. The summed E-state index contributed by atoms with van der Waals surface area (Å²) in [6.07, 6.45) is 2.96. The smallest absolute Gasteiger partial charge is 0.315 e. The van der Waals surface area contributed by atoms with Gasteiger partial charge in [0.25, 0.3) is 0 Å². The highest BCUT2D eigenvalue weighted by Gasteiger charge is 2.33. The second-order valence-electron chi connectivity index (χ2n) is 4.26. The van der Waals surface area contributed by atoms with Gasteiger partial charge in [-0.3, -0.25) is 9.59 Å². The largest absolute Gasteiger partial charge is 0.468 e. The standard InChI is InChI=1S/C11H18O3/c1-7-4-5-9(6-7)10(12)8(2)11(13)14-3/h7-9H,4-6H2,1-3H3. The highest BCUT2D eigenvalue weighted by atomic mass is 16.5. The minimum Gasteiger partial charge on any atom is -0.468 e. The summed E-state index contributed by atoms with van der Waals surface area (Å²) in [6, 6.07) is 0. The van der Waals surface area contributed by atoms with Crippen LogP contribution in [-0.4, -0.2) is 18.9 Å². The summed E-state index contributed by atoms with van der Waals surface area (Å²) in [5.41, 5.74) is 0. The molecule has 3 nitrogen and oxygen atoms in total. The van der Waals surface area contributed by atoms with E-state index in [0.29, 0.717) is 5.92 Å². The van der Waals surface area contributed by atoms with Gasteiger partial charge in [-0.1, -0.05) is 6.92 Å². The minimum atomic E-state index is -0.588. The quantitative estimate of drug-likeness (QED) is 0.513. The van der Waals surface area contributed by atoms with Crippen molar-refractivity contribution >= 4 is 11.8 Å². The molecule has 3 heteroatoms. The van der Waals surface area contributed by atoms with E-state index < -0.39 is 11.9 Å². The van der Waals surface area contributed by atoms with Gasteiger partial charge in [0, 0.05) is 5.92 Å². The third kappa shape index (κ3) is 2.34. The molecule has 0 aromatic rings. The van der Waals surface area contributed by atoms with E-state index in [-0.39, 0.29) is 11.7 Å². The average Bonchev–Trinajstić information content (AvgIpc) is 2.61. The molecule has 1 aliphatic rings. The molecule has 0 radical (unpaired) electrons. The third-order valence-corrected chi connectivity index (χ3v) is 3.08. The SMILES string of the molecule is COC(=O)C(C)C(=O)C1CCC(C)C1. The first-order chi connectivity index (χ1) is 6.56. The molecule has 1 fully saturated rings. The lowest BCUT2D eigenvalue weighted by atomic mass is 9.92. The van der Waals surface area contributed by atoms with Crippen molar-refractivity contribution in [1.82, 2.24) is 0 Å². The third-order valence-electron chi connectivity index (χ3n) is 3.08. The molecule has 0 aromatic heterocycles. The zero-order valence-corrected chi connectivity index (χ0v) is 9.08. The van der Waals surface area contributed by atoms with Gasteiger partial charge in [0.2, 0.25) is 0 Å². The summed E-state index contributed by atoms with van der Waals surface area (Å²) in [6.45, 7) is 3.78. The fraction of sp³-hybridized carbons (Fsp3) is 0.818. The molecule has 1 saturated carbocycles. The molecule has 3 unspecified atom stereocenters. The van der Waals surface area contributed by atoms with Crippen molar-refractivity contribution in [3.05, 3.63) is 0 Å². The molecular formula is C11H18O3. The van der Waals surface area contributed by atoms with Gasteiger partial charge in [0.15, 0.2) is 0 Å². The van der Waals surface area contributed by atoms with Crippen LogP contribution in [0, 0.1) is 17.8 Å². The first kappa shape index (κ1) is 11.2. The molecule has 0 amide bonds. The number of ketones is 1. The number of Topliss-reactive ketones (excluding diaryl/α,β-unsaturated/α-hetero) is 1. The molecule has 0 aliphatic heterocycles. The Balaban J connectivity index is 2.52. The molecular weight excluding hydrogens is 180 g/mol. The topological polar surface area (TPSA) is 43.4 Å². The van der Waals surface area contributed by atoms with E-state index in [4.69, 9.17) is 0 Å². The summed E-state index contributed by atoms with van der Waals surface area (Å²) in [5.74, 6) is -0.237. The van der Waals surface area contributed by atoms with Gasteiger partial charge in [-0.15, -0.1) is 0 Å². The number of hydrogen-bond donors (Lipinski definition) is 0. The van der Waals surface area contributed by atoms with E-state index in [0.717, 1.165) is 19.3 Å². The van der Waals surface area contributed by atoms with E-state index in [2.05, 4.69) is 11.7 Å². The Morgan fingerprint density at radius 1 is 1.36 bits per heavy atom. The van der Waals surface area contributed by atoms with Crippen LogP contribution in [0.25, 0.3) is 0 Å². The molecule has 0 spiro atoms. The molecule has 14 heavy (non-hydrogen) atoms. The summed E-state index contributed by atoms with van der Waals surface area (Å²) >= 11 is 0. The Morgan fingerprint density at radius 2 is 2.00 bits per heavy atom. The number of ether oxygens (including phenoxy) is 1. The van der Waals surface area contributed by atoms with Crippen molar-refractivity contribution in [3.8, 4) is 0 Å². The highest BCUT2D eigenvalue weighted by molar-refractivity contribution is 5.99. The maximum absolute atomic E-state index is 11.8. The zero-order valence-electron chi connectivity index (χ0n) is 9.08. The fourth-order valence-corrected chi connectivity index (χ4v) is 2.11. The number of rotatable bonds is 3. The number of carbonyl (C=O) groups excluding carboxylic acids is 2. The second kappa shape index (κ2) is 4.58. The monoisotopic (exact) mass is 198 g/mol. The molecule has 80 valence electrons. The summed E-state index contributed by atoms with van der Waals surface area (Å²) in [4.78, 5) is 22.9. The van der Waals surface area contributed by atoms with Crippen molar-refractivity contribution in [2.75, 3.05) is 7.11 Å². The number of hydrogen-bond acceptors (Lipinski definition) is 3. The molecule has 1 aliphatic carbocycles. The van der Waals surface area contributed by atoms with Gasteiger partial charge in [0.1, 0.15) is 11.7 Å². The van der Waals surface area contributed by atoms with Crippen LogP contribution in [-0.2, 0) is 14.3 Å². The van der Waals surface area contributed by atoms with E-state index in [1.165, 1.54) is 7.11 Å². The lowest BCUT2D eigenvalue weighted by Gasteiger charge is -2.13. The molecule has 3 atom stereocenters. The molecule has 0 heterocycles. The van der Waals surface area contributed by atoms with Crippen LogP contribution in [0.1, 0.15) is 33.1 Å². The Hall–Kier alpha value is -0.860. The Kier molecular flexibility index (Phi) is 3.67. The number of esters is 1. The van der Waals surface area contributed by atoms with Gasteiger partial charge in [-0.25, -0.2) is 0 Å². The fourth-order valence-electron chi connectivity index (χ4n) is 2.11. The zero-order chi connectivity index (χ0) is 10.7. The van der Waals surface area contributed by atoms with Crippen molar-refractivity contribution in [3.63, 3.8) is 0 Å². The Morgan fingerprint density at radius 3 is 2.43 bits per heavy atom. The highest BCUT2D eigenvalue weighted by Crippen LogP contribution is 2.32. The van der Waals surface area contributed by atoms with Gasteiger partial charge >= 0.3 is 5.97 Å². The van der Waals surface area contributed by atoms with Gasteiger partial charge in [0.05, 0.1) is 7.11 Å². The number of methoxy groups -OCH3 is 1. The molecule has 0 aromatic carbocycles. The maximum Gasteiger partial charge on any atom is 0.315 e. The van der Waals surface area contributed by atoms with E-state index >= 15 is 0 Å². The van der Waals surface area contributed by atoms with Gasteiger partial charge < -0.3 is 4.74 Å².